The summed E-state index contributed by atoms with van der Waals surface area (Å²) in [7, 11) is 2.05. The summed E-state index contributed by atoms with van der Waals surface area (Å²) in [5, 5.41) is 18.3. The number of carboxylic acid groups (broad SMARTS) is 2. The molecule has 7 nitrogen and oxygen atoms in total. The van der Waals surface area contributed by atoms with Crippen LogP contribution in [0.25, 0.3) is 6.08 Å². The van der Waals surface area contributed by atoms with Crippen molar-refractivity contribution >= 4 is 57.9 Å². The first-order chi connectivity index (χ1) is 13.3. The normalized spacial score (nSPS) is 19.1. The van der Waals surface area contributed by atoms with Crippen LogP contribution in [0.5, 0.6) is 0 Å². The Balaban J connectivity index is 1.84. The van der Waals surface area contributed by atoms with E-state index in [9.17, 15) is 19.5 Å². The van der Waals surface area contributed by atoms with Crippen molar-refractivity contribution in [1.29, 1.82) is 0 Å². The highest BCUT2D eigenvalue weighted by Gasteiger charge is 2.40. The van der Waals surface area contributed by atoms with Crippen LogP contribution in [0.15, 0.2) is 23.1 Å². The van der Waals surface area contributed by atoms with Gasteiger partial charge < -0.3 is 15.1 Å². The summed E-state index contributed by atoms with van der Waals surface area (Å²) >= 11 is 6.25. The average molecular weight is 421 g/mol. The number of carbonyl (C=O) groups is 3. The molecule has 0 saturated carbocycles. The first kappa shape index (κ1) is 20.3. The van der Waals surface area contributed by atoms with Gasteiger partial charge >= 0.3 is 11.9 Å². The molecule has 1 aromatic rings. The third-order valence-electron chi connectivity index (χ3n) is 4.80. The first-order valence-corrected chi connectivity index (χ1v) is 10.1. The van der Waals surface area contributed by atoms with Crippen molar-refractivity contribution in [3.05, 3.63) is 34.2 Å². The van der Waals surface area contributed by atoms with Crippen molar-refractivity contribution in [1.82, 2.24) is 4.90 Å². The van der Waals surface area contributed by atoms with Gasteiger partial charge in [-0.25, -0.2) is 4.79 Å². The zero-order valence-corrected chi connectivity index (χ0v) is 16.9. The van der Waals surface area contributed by atoms with Crippen molar-refractivity contribution in [3.8, 4) is 0 Å². The van der Waals surface area contributed by atoms with Gasteiger partial charge in [-0.2, -0.15) is 0 Å². The SMILES string of the molecule is CN1CCCc2cc(/C=C3\SC(=S)N([C@@H](CCC(=O)O)C(=O)O)C3=O)ccc21. The van der Waals surface area contributed by atoms with Gasteiger partial charge in [0.1, 0.15) is 10.4 Å². The van der Waals surface area contributed by atoms with Gasteiger partial charge in [0, 0.05) is 25.7 Å². The van der Waals surface area contributed by atoms with Gasteiger partial charge in [0.15, 0.2) is 0 Å². The molecule has 0 unspecified atom stereocenters. The second kappa shape index (κ2) is 8.32. The Morgan fingerprint density at radius 2 is 2.11 bits per heavy atom. The molecule has 9 heteroatoms. The first-order valence-electron chi connectivity index (χ1n) is 8.83. The quantitative estimate of drug-likeness (QED) is 0.535. The molecule has 1 amide bonds. The van der Waals surface area contributed by atoms with Crippen molar-refractivity contribution in [2.24, 2.45) is 0 Å². The average Bonchev–Trinajstić information content (AvgIpc) is 2.89. The molecule has 2 heterocycles. The number of amides is 1. The standard InChI is InChI=1S/C19H20N2O5S2/c1-20-8-2-3-12-9-11(4-5-13(12)20)10-15-17(24)21(19(27)28-15)14(18(25)26)6-7-16(22)23/h4-5,9-10,14H,2-3,6-8H2,1H3,(H,22,23)(H,25,26)/b15-10-/t14-/m0/s1. The Labute approximate surface area is 172 Å². The molecule has 148 valence electrons. The summed E-state index contributed by atoms with van der Waals surface area (Å²) in [5.74, 6) is -2.88. The van der Waals surface area contributed by atoms with E-state index in [4.69, 9.17) is 17.3 Å². The fraction of sp³-hybridized carbons (Fsp3) is 0.368. The maximum Gasteiger partial charge on any atom is 0.326 e. The molecular formula is C19H20N2O5S2. The van der Waals surface area contributed by atoms with Crippen LogP contribution < -0.4 is 4.90 Å². The number of rotatable bonds is 6. The number of thioether (sulfide) groups is 1. The molecule has 1 fully saturated rings. The molecule has 1 atom stereocenters. The molecule has 2 N–H and O–H groups in total. The second-order valence-electron chi connectivity index (χ2n) is 6.75. The van der Waals surface area contributed by atoms with Gasteiger partial charge in [-0.15, -0.1) is 0 Å². The van der Waals surface area contributed by atoms with Crippen LogP contribution in [0, 0.1) is 0 Å². The molecule has 2 aliphatic rings. The fourth-order valence-corrected chi connectivity index (χ4v) is 4.77. The summed E-state index contributed by atoms with van der Waals surface area (Å²) in [6.07, 6.45) is 3.20. The van der Waals surface area contributed by atoms with Gasteiger partial charge in [-0.05, 0) is 48.6 Å². The summed E-state index contributed by atoms with van der Waals surface area (Å²) < 4.78 is 0.131. The molecule has 0 aliphatic carbocycles. The number of aliphatic carboxylic acids is 2. The van der Waals surface area contributed by atoms with Crippen LogP contribution >= 0.6 is 24.0 Å². The number of hydrogen-bond donors (Lipinski definition) is 2. The lowest BCUT2D eigenvalue weighted by Gasteiger charge is -2.27. The summed E-state index contributed by atoms with van der Waals surface area (Å²) in [6, 6.07) is 4.70. The number of carbonyl (C=O) groups excluding carboxylic acids is 1. The number of aryl methyl sites for hydroxylation is 1. The topological polar surface area (TPSA) is 98.2 Å². The largest absolute Gasteiger partial charge is 0.481 e. The van der Waals surface area contributed by atoms with E-state index in [1.54, 1.807) is 6.08 Å². The van der Waals surface area contributed by atoms with E-state index in [1.165, 1.54) is 11.3 Å². The van der Waals surface area contributed by atoms with Crippen molar-refractivity contribution in [2.45, 2.75) is 31.7 Å². The van der Waals surface area contributed by atoms with Gasteiger partial charge in [-0.1, -0.05) is 30.0 Å². The Morgan fingerprint density at radius 3 is 2.79 bits per heavy atom. The van der Waals surface area contributed by atoms with Gasteiger partial charge in [0.25, 0.3) is 5.91 Å². The highest BCUT2D eigenvalue weighted by atomic mass is 32.2. The number of carboxylic acids is 2. The number of benzene rings is 1. The van der Waals surface area contributed by atoms with E-state index in [2.05, 4.69) is 4.90 Å². The van der Waals surface area contributed by atoms with E-state index in [1.807, 2.05) is 25.2 Å². The predicted octanol–water partition coefficient (Wildman–Crippen LogP) is 2.59. The highest BCUT2D eigenvalue weighted by Crippen LogP contribution is 2.36. The zero-order valence-electron chi connectivity index (χ0n) is 15.3. The summed E-state index contributed by atoms with van der Waals surface area (Å²) in [4.78, 5) is 38.7. The van der Waals surface area contributed by atoms with E-state index >= 15 is 0 Å². The van der Waals surface area contributed by atoms with Crippen LogP contribution in [-0.2, 0) is 20.8 Å². The maximum absolute atomic E-state index is 12.8. The molecule has 0 aromatic heterocycles. The number of anilines is 1. The Hall–Kier alpha value is -2.39. The minimum absolute atomic E-state index is 0.131. The number of thiocarbonyl (C=S) groups is 1. The minimum atomic E-state index is -1.29. The lowest BCUT2D eigenvalue weighted by atomic mass is 9.99. The van der Waals surface area contributed by atoms with Crippen LogP contribution in [0.3, 0.4) is 0 Å². The predicted molar refractivity (Wildman–Crippen MR) is 111 cm³/mol. The molecular weight excluding hydrogens is 400 g/mol. The van der Waals surface area contributed by atoms with Crippen molar-refractivity contribution in [3.63, 3.8) is 0 Å². The van der Waals surface area contributed by atoms with Crippen molar-refractivity contribution < 1.29 is 24.6 Å². The molecule has 0 bridgehead atoms. The number of hydrogen-bond acceptors (Lipinski definition) is 6. The van der Waals surface area contributed by atoms with Crippen LogP contribution in [0.2, 0.25) is 0 Å². The lowest BCUT2D eigenvalue weighted by Crippen LogP contribution is -2.44. The highest BCUT2D eigenvalue weighted by molar-refractivity contribution is 8.26. The Morgan fingerprint density at radius 1 is 1.36 bits per heavy atom. The second-order valence-corrected chi connectivity index (χ2v) is 8.43. The van der Waals surface area contributed by atoms with Crippen molar-refractivity contribution in [2.75, 3.05) is 18.5 Å². The van der Waals surface area contributed by atoms with E-state index in [0.717, 1.165) is 41.6 Å². The smallest absolute Gasteiger partial charge is 0.326 e. The van der Waals surface area contributed by atoms with Gasteiger partial charge in [0.2, 0.25) is 0 Å². The van der Waals surface area contributed by atoms with Gasteiger partial charge in [-0.3, -0.25) is 14.5 Å². The molecule has 1 aromatic carbocycles. The van der Waals surface area contributed by atoms with E-state index < -0.39 is 23.9 Å². The molecule has 28 heavy (non-hydrogen) atoms. The van der Waals surface area contributed by atoms with E-state index in [0.29, 0.717) is 4.91 Å². The summed E-state index contributed by atoms with van der Waals surface area (Å²) in [5.41, 5.74) is 3.24. The maximum atomic E-state index is 12.8. The molecule has 0 radical (unpaired) electrons. The zero-order chi connectivity index (χ0) is 20.4. The van der Waals surface area contributed by atoms with Crippen LogP contribution in [0.4, 0.5) is 5.69 Å². The third kappa shape index (κ3) is 4.20. The molecule has 1 saturated heterocycles. The number of fused-ring (bicyclic) bond motifs is 1. The monoisotopic (exact) mass is 420 g/mol. The summed E-state index contributed by atoms with van der Waals surface area (Å²) in [6.45, 7) is 1.01. The molecule has 3 rings (SSSR count). The van der Waals surface area contributed by atoms with Crippen LogP contribution in [0.1, 0.15) is 30.4 Å². The Kier molecular flexibility index (Phi) is 6.04. The lowest BCUT2D eigenvalue weighted by molar-refractivity contribution is -0.146. The molecule has 0 spiro atoms. The fourth-order valence-electron chi connectivity index (χ4n) is 3.42. The Bertz CT molecular complexity index is 883. The molecule has 2 aliphatic heterocycles. The minimum Gasteiger partial charge on any atom is -0.481 e. The third-order valence-corrected chi connectivity index (χ3v) is 6.13. The number of nitrogens with zero attached hydrogens (tertiary/aromatic N) is 2. The van der Waals surface area contributed by atoms with Gasteiger partial charge in [0.05, 0.1) is 4.91 Å². The van der Waals surface area contributed by atoms with Crippen LogP contribution in [-0.4, -0.2) is 56.9 Å². The van der Waals surface area contributed by atoms with E-state index in [-0.39, 0.29) is 17.2 Å².